The van der Waals surface area contributed by atoms with Crippen LogP contribution in [0.25, 0.3) is 0 Å². The normalized spacial score (nSPS) is 15.7. The number of hydrogen-bond donors (Lipinski definition) is 1. The first-order valence-corrected chi connectivity index (χ1v) is 13.3. The van der Waals surface area contributed by atoms with Crippen LogP contribution in [0.4, 0.5) is 17.1 Å². The van der Waals surface area contributed by atoms with Crippen LogP contribution in [0.15, 0.2) is 77.8 Å². The van der Waals surface area contributed by atoms with Gasteiger partial charge in [0.15, 0.2) is 0 Å². The SMILES string of the molecule is CN(C)CCN(c1ccc(N=C(c2ccccc2)C2C(=O)Nc3cc(Cl)ccc32)cc1)S(C)(=O)=O. The third-order valence-electron chi connectivity index (χ3n) is 5.73. The summed E-state index contributed by atoms with van der Waals surface area (Å²) in [5, 5.41) is 3.45. The molecule has 1 aliphatic heterocycles. The number of rotatable bonds is 8. The van der Waals surface area contributed by atoms with E-state index in [0.29, 0.717) is 40.9 Å². The van der Waals surface area contributed by atoms with Gasteiger partial charge < -0.3 is 10.2 Å². The number of anilines is 2. The van der Waals surface area contributed by atoms with E-state index < -0.39 is 15.9 Å². The maximum Gasteiger partial charge on any atom is 0.238 e. The number of halogens is 1. The summed E-state index contributed by atoms with van der Waals surface area (Å²) in [6.45, 7) is 0.927. The van der Waals surface area contributed by atoms with Gasteiger partial charge >= 0.3 is 0 Å². The quantitative estimate of drug-likeness (QED) is 0.451. The van der Waals surface area contributed by atoms with E-state index in [1.807, 2.05) is 55.4 Å². The smallest absolute Gasteiger partial charge is 0.238 e. The number of aliphatic imine (C=N–C) groups is 1. The molecule has 0 radical (unpaired) electrons. The van der Waals surface area contributed by atoms with Crippen molar-refractivity contribution >= 4 is 50.3 Å². The Morgan fingerprint density at radius 2 is 1.69 bits per heavy atom. The molecule has 7 nitrogen and oxygen atoms in total. The van der Waals surface area contributed by atoms with Crippen molar-refractivity contribution in [3.63, 3.8) is 0 Å². The fourth-order valence-corrected chi connectivity index (χ4v) is 5.11. The number of carbonyl (C=O) groups is 1. The van der Waals surface area contributed by atoms with Gasteiger partial charge in [0, 0.05) is 23.8 Å². The summed E-state index contributed by atoms with van der Waals surface area (Å²) in [6.07, 6.45) is 1.20. The Morgan fingerprint density at radius 1 is 1.00 bits per heavy atom. The van der Waals surface area contributed by atoms with Crippen molar-refractivity contribution in [2.75, 3.05) is 43.1 Å². The highest BCUT2D eigenvalue weighted by Crippen LogP contribution is 2.37. The van der Waals surface area contributed by atoms with E-state index in [2.05, 4.69) is 5.32 Å². The van der Waals surface area contributed by atoms with Crippen molar-refractivity contribution < 1.29 is 13.2 Å². The Morgan fingerprint density at radius 3 is 2.31 bits per heavy atom. The van der Waals surface area contributed by atoms with Gasteiger partial charge in [0.2, 0.25) is 15.9 Å². The molecule has 1 atom stereocenters. The molecule has 3 aromatic rings. The van der Waals surface area contributed by atoms with Crippen molar-refractivity contribution in [1.29, 1.82) is 0 Å². The summed E-state index contributed by atoms with van der Waals surface area (Å²) in [5.41, 5.74) is 4.09. The van der Waals surface area contributed by atoms with Crippen LogP contribution in [0.1, 0.15) is 17.0 Å². The maximum absolute atomic E-state index is 13.0. The fourth-order valence-electron chi connectivity index (χ4n) is 4.02. The van der Waals surface area contributed by atoms with E-state index in [4.69, 9.17) is 16.6 Å². The minimum absolute atomic E-state index is 0.173. The Balaban J connectivity index is 1.74. The van der Waals surface area contributed by atoms with Gasteiger partial charge in [-0.2, -0.15) is 0 Å². The van der Waals surface area contributed by atoms with E-state index in [9.17, 15) is 13.2 Å². The molecule has 0 aliphatic carbocycles. The molecule has 0 saturated carbocycles. The third-order valence-corrected chi connectivity index (χ3v) is 7.16. The number of nitrogens with zero attached hydrogens (tertiary/aromatic N) is 3. The Labute approximate surface area is 211 Å². The van der Waals surface area contributed by atoms with Crippen molar-refractivity contribution in [3.8, 4) is 0 Å². The van der Waals surface area contributed by atoms with Gasteiger partial charge in [-0.25, -0.2) is 8.42 Å². The first-order chi connectivity index (χ1) is 16.6. The summed E-state index contributed by atoms with van der Waals surface area (Å²) in [5.74, 6) is -0.773. The number of carbonyl (C=O) groups excluding carboxylic acids is 1. The van der Waals surface area contributed by atoms with Crippen molar-refractivity contribution in [1.82, 2.24) is 4.90 Å². The molecule has 3 aromatic carbocycles. The predicted octanol–water partition coefficient (Wildman–Crippen LogP) is 4.52. The van der Waals surface area contributed by atoms with Crippen molar-refractivity contribution in [2.24, 2.45) is 4.99 Å². The first-order valence-electron chi connectivity index (χ1n) is 11.1. The van der Waals surface area contributed by atoms with Crippen LogP contribution >= 0.6 is 11.6 Å². The molecule has 1 amide bonds. The number of amides is 1. The predicted molar refractivity (Wildman–Crippen MR) is 143 cm³/mol. The van der Waals surface area contributed by atoms with Gasteiger partial charge in [-0.3, -0.25) is 14.1 Å². The zero-order chi connectivity index (χ0) is 25.2. The topological polar surface area (TPSA) is 82.1 Å². The Bertz CT molecular complexity index is 1360. The highest BCUT2D eigenvalue weighted by Gasteiger charge is 2.35. The van der Waals surface area contributed by atoms with Crippen molar-refractivity contribution in [3.05, 3.63) is 88.9 Å². The maximum atomic E-state index is 13.0. The first kappa shape index (κ1) is 24.9. The van der Waals surface area contributed by atoms with Gasteiger partial charge in [0.25, 0.3) is 0 Å². The van der Waals surface area contributed by atoms with Gasteiger partial charge in [0.1, 0.15) is 5.92 Å². The minimum atomic E-state index is -3.44. The number of benzene rings is 3. The highest BCUT2D eigenvalue weighted by molar-refractivity contribution is 7.92. The summed E-state index contributed by atoms with van der Waals surface area (Å²) in [7, 11) is 0.352. The molecule has 1 aliphatic rings. The van der Waals surface area contributed by atoms with Gasteiger partial charge in [-0.15, -0.1) is 0 Å². The van der Waals surface area contributed by atoms with Crippen LogP contribution in [0.3, 0.4) is 0 Å². The lowest BCUT2D eigenvalue weighted by Gasteiger charge is -2.24. The highest BCUT2D eigenvalue weighted by atomic mass is 35.5. The summed E-state index contributed by atoms with van der Waals surface area (Å²) < 4.78 is 26.1. The molecule has 0 saturated heterocycles. The number of hydrogen-bond acceptors (Lipinski definition) is 5. The monoisotopic (exact) mass is 510 g/mol. The van der Waals surface area contributed by atoms with E-state index in [0.717, 1.165) is 11.1 Å². The molecule has 0 spiro atoms. The zero-order valence-corrected chi connectivity index (χ0v) is 21.3. The molecule has 182 valence electrons. The van der Waals surface area contributed by atoms with Crippen LogP contribution in [0.2, 0.25) is 5.02 Å². The largest absolute Gasteiger partial charge is 0.325 e. The molecule has 0 aromatic heterocycles. The zero-order valence-electron chi connectivity index (χ0n) is 19.8. The molecule has 1 N–H and O–H groups in total. The van der Waals surface area contributed by atoms with E-state index in [-0.39, 0.29) is 5.91 Å². The molecular weight excluding hydrogens is 484 g/mol. The minimum Gasteiger partial charge on any atom is -0.325 e. The second-order valence-corrected chi connectivity index (χ2v) is 11.0. The van der Waals surface area contributed by atoms with Crippen LogP contribution < -0.4 is 9.62 Å². The second-order valence-electron chi connectivity index (χ2n) is 8.67. The second kappa shape index (κ2) is 10.2. The average Bonchev–Trinajstić information content (AvgIpc) is 3.12. The lowest BCUT2D eigenvalue weighted by molar-refractivity contribution is -0.115. The van der Waals surface area contributed by atoms with Crippen LogP contribution in [0.5, 0.6) is 0 Å². The molecule has 0 fully saturated rings. The molecule has 1 unspecified atom stereocenters. The van der Waals surface area contributed by atoms with E-state index >= 15 is 0 Å². The lowest BCUT2D eigenvalue weighted by atomic mass is 9.90. The number of sulfonamides is 1. The van der Waals surface area contributed by atoms with Crippen LogP contribution in [-0.2, 0) is 14.8 Å². The standard InChI is InChI=1S/C26H27ClN4O3S/c1-30(2)15-16-31(35(3,33)34)21-12-10-20(11-13-21)28-25(18-7-5-4-6-8-18)24-22-14-9-19(27)17-23(22)29-26(24)32/h4-14,17,24H,15-16H2,1-3H3,(H,29,32). The van der Waals surface area contributed by atoms with Gasteiger partial charge in [-0.05, 0) is 61.6 Å². The lowest BCUT2D eigenvalue weighted by Crippen LogP contribution is -2.35. The number of likely N-dealkylation sites (N-methyl/N-ethyl adjacent to an activating group) is 1. The Kier molecular flexibility index (Phi) is 7.25. The molecule has 1 heterocycles. The average molecular weight is 511 g/mol. The van der Waals surface area contributed by atoms with Crippen LogP contribution in [0, 0.1) is 0 Å². The Hall–Kier alpha value is -3.20. The third kappa shape index (κ3) is 5.73. The molecule has 9 heteroatoms. The molecular formula is C26H27ClN4O3S. The summed E-state index contributed by atoms with van der Waals surface area (Å²) in [6, 6.07) is 21.9. The van der Waals surface area contributed by atoms with E-state index in [1.165, 1.54) is 10.6 Å². The number of fused-ring (bicyclic) bond motifs is 1. The molecule has 35 heavy (non-hydrogen) atoms. The fraction of sp³-hybridized carbons (Fsp3) is 0.231. The van der Waals surface area contributed by atoms with Crippen molar-refractivity contribution in [2.45, 2.75) is 5.92 Å². The van der Waals surface area contributed by atoms with Crippen LogP contribution in [-0.4, -0.2) is 58.4 Å². The number of nitrogens with one attached hydrogen (secondary N) is 1. The summed E-state index contributed by atoms with van der Waals surface area (Å²) >= 11 is 6.13. The summed E-state index contributed by atoms with van der Waals surface area (Å²) in [4.78, 5) is 19.8. The van der Waals surface area contributed by atoms with Gasteiger partial charge in [-0.1, -0.05) is 48.0 Å². The molecule has 0 bridgehead atoms. The molecule has 4 rings (SSSR count). The van der Waals surface area contributed by atoms with E-state index in [1.54, 1.807) is 36.4 Å². The van der Waals surface area contributed by atoms with Gasteiger partial charge in [0.05, 0.1) is 23.3 Å².